The highest BCUT2D eigenvalue weighted by Crippen LogP contribution is 2.24. The van der Waals surface area contributed by atoms with Crippen LogP contribution in [-0.2, 0) is 4.79 Å². The van der Waals surface area contributed by atoms with Gasteiger partial charge < -0.3 is 10.6 Å². The van der Waals surface area contributed by atoms with Crippen LogP contribution in [-0.4, -0.2) is 18.5 Å². The minimum atomic E-state index is -0.734. The Morgan fingerprint density at radius 3 is 2.65 bits per heavy atom. The van der Waals surface area contributed by atoms with Crippen molar-refractivity contribution in [2.75, 3.05) is 11.9 Å². The molecule has 1 rings (SSSR count). The summed E-state index contributed by atoms with van der Waals surface area (Å²) >= 11 is 2.96. The Labute approximate surface area is 107 Å². The van der Waals surface area contributed by atoms with Crippen molar-refractivity contribution in [2.45, 2.75) is 19.9 Å². The van der Waals surface area contributed by atoms with Crippen LogP contribution in [0.4, 0.5) is 14.5 Å². The SMILES string of the molecule is CCNC(=O)C(C)Nc1cc(Br)c(F)cc1F. The van der Waals surface area contributed by atoms with Gasteiger partial charge in [0.25, 0.3) is 0 Å². The van der Waals surface area contributed by atoms with Gasteiger partial charge in [-0.25, -0.2) is 8.78 Å². The van der Waals surface area contributed by atoms with Crippen molar-refractivity contribution < 1.29 is 13.6 Å². The van der Waals surface area contributed by atoms with Gasteiger partial charge in [-0.15, -0.1) is 0 Å². The van der Waals surface area contributed by atoms with Crippen LogP contribution in [0.3, 0.4) is 0 Å². The van der Waals surface area contributed by atoms with Crippen LogP contribution >= 0.6 is 15.9 Å². The van der Waals surface area contributed by atoms with Crippen LogP contribution in [0.15, 0.2) is 16.6 Å². The van der Waals surface area contributed by atoms with Crippen molar-refractivity contribution in [1.29, 1.82) is 0 Å². The number of nitrogens with one attached hydrogen (secondary N) is 2. The zero-order valence-corrected chi connectivity index (χ0v) is 11.1. The van der Waals surface area contributed by atoms with Crippen LogP contribution < -0.4 is 10.6 Å². The summed E-state index contributed by atoms with van der Waals surface area (Å²) in [6.07, 6.45) is 0. The minimum absolute atomic E-state index is 0.0806. The first-order valence-corrected chi connectivity index (χ1v) is 5.93. The predicted octanol–water partition coefficient (Wildman–Crippen LogP) is 2.66. The molecule has 0 bridgehead atoms. The number of hydrogen-bond donors (Lipinski definition) is 2. The summed E-state index contributed by atoms with van der Waals surface area (Å²) in [5.74, 6) is -1.66. The van der Waals surface area contributed by atoms with Crippen LogP contribution in [0, 0.1) is 11.6 Å². The number of anilines is 1. The van der Waals surface area contributed by atoms with Gasteiger partial charge in [0.15, 0.2) is 0 Å². The lowest BCUT2D eigenvalue weighted by Gasteiger charge is -2.15. The van der Waals surface area contributed by atoms with E-state index in [1.165, 1.54) is 6.07 Å². The Balaban J connectivity index is 2.81. The average Bonchev–Trinajstić information content (AvgIpc) is 2.26. The third-order valence-corrected chi connectivity index (χ3v) is 2.73. The van der Waals surface area contributed by atoms with Crippen molar-refractivity contribution in [3.05, 3.63) is 28.2 Å². The van der Waals surface area contributed by atoms with E-state index in [-0.39, 0.29) is 16.1 Å². The van der Waals surface area contributed by atoms with E-state index in [4.69, 9.17) is 0 Å². The van der Waals surface area contributed by atoms with Gasteiger partial charge in [0.05, 0.1) is 10.2 Å². The third-order valence-electron chi connectivity index (χ3n) is 2.13. The Morgan fingerprint density at radius 2 is 2.06 bits per heavy atom. The first-order valence-electron chi connectivity index (χ1n) is 5.14. The summed E-state index contributed by atoms with van der Waals surface area (Å²) in [7, 11) is 0. The van der Waals surface area contributed by atoms with Crippen molar-refractivity contribution in [3.63, 3.8) is 0 Å². The fourth-order valence-electron chi connectivity index (χ4n) is 1.26. The summed E-state index contributed by atoms with van der Waals surface area (Å²) in [6, 6.07) is 1.43. The number of hydrogen-bond acceptors (Lipinski definition) is 2. The molecular weight excluding hydrogens is 294 g/mol. The highest BCUT2D eigenvalue weighted by atomic mass is 79.9. The van der Waals surface area contributed by atoms with Crippen molar-refractivity contribution in [2.24, 2.45) is 0 Å². The van der Waals surface area contributed by atoms with Crippen LogP contribution in [0.2, 0.25) is 0 Å². The Hall–Kier alpha value is -1.17. The molecule has 1 unspecified atom stereocenters. The normalized spacial score (nSPS) is 12.1. The smallest absolute Gasteiger partial charge is 0.242 e. The van der Waals surface area contributed by atoms with Crippen LogP contribution in [0.25, 0.3) is 0 Å². The molecule has 0 fully saturated rings. The van der Waals surface area contributed by atoms with Crippen molar-refractivity contribution in [1.82, 2.24) is 5.32 Å². The molecule has 1 aromatic carbocycles. The Kier molecular flexibility index (Phi) is 4.86. The van der Waals surface area contributed by atoms with E-state index < -0.39 is 17.7 Å². The molecule has 1 amide bonds. The monoisotopic (exact) mass is 306 g/mol. The number of halogens is 3. The van der Waals surface area contributed by atoms with Crippen molar-refractivity contribution >= 4 is 27.5 Å². The second-order valence-electron chi connectivity index (χ2n) is 3.51. The van der Waals surface area contributed by atoms with E-state index in [0.717, 1.165) is 6.07 Å². The van der Waals surface area contributed by atoms with E-state index in [1.807, 2.05) is 0 Å². The summed E-state index contributed by atoms with van der Waals surface area (Å²) in [4.78, 5) is 11.4. The molecule has 0 radical (unpaired) electrons. The molecule has 0 aliphatic heterocycles. The lowest BCUT2D eigenvalue weighted by Crippen LogP contribution is -2.37. The molecule has 3 nitrogen and oxygen atoms in total. The average molecular weight is 307 g/mol. The fourth-order valence-corrected chi connectivity index (χ4v) is 1.60. The Morgan fingerprint density at radius 1 is 1.41 bits per heavy atom. The van der Waals surface area contributed by atoms with E-state index in [1.54, 1.807) is 13.8 Å². The zero-order valence-electron chi connectivity index (χ0n) is 9.48. The van der Waals surface area contributed by atoms with E-state index >= 15 is 0 Å². The molecule has 0 heterocycles. The highest BCUT2D eigenvalue weighted by Gasteiger charge is 2.15. The lowest BCUT2D eigenvalue weighted by atomic mass is 10.2. The minimum Gasteiger partial charge on any atom is -0.371 e. The van der Waals surface area contributed by atoms with E-state index in [9.17, 15) is 13.6 Å². The first kappa shape index (κ1) is 13.9. The Bertz CT molecular complexity index is 426. The molecule has 0 aliphatic carbocycles. The van der Waals surface area contributed by atoms with Gasteiger partial charge in [-0.3, -0.25) is 4.79 Å². The summed E-state index contributed by atoms with van der Waals surface area (Å²) in [5.41, 5.74) is 0.0806. The summed E-state index contributed by atoms with van der Waals surface area (Å²) in [6.45, 7) is 3.89. The maximum absolute atomic E-state index is 13.4. The number of amides is 1. The van der Waals surface area contributed by atoms with Crippen molar-refractivity contribution in [3.8, 4) is 0 Å². The van der Waals surface area contributed by atoms with Crippen LogP contribution in [0.5, 0.6) is 0 Å². The van der Waals surface area contributed by atoms with Gasteiger partial charge in [-0.2, -0.15) is 0 Å². The predicted molar refractivity (Wildman–Crippen MR) is 65.8 cm³/mol. The number of benzene rings is 1. The second kappa shape index (κ2) is 5.95. The van der Waals surface area contributed by atoms with E-state index in [0.29, 0.717) is 6.54 Å². The molecular formula is C11H13BrF2N2O. The fraction of sp³-hybridized carbons (Fsp3) is 0.364. The maximum atomic E-state index is 13.4. The number of carbonyl (C=O) groups excluding carboxylic acids is 1. The van der Waals surface area contributed by atoms with Gasteiger partial charge in [0.1, 0.15) is 17.7 Å². The number of rotatable bonds is 4. The molecule has 1 atom stereocenters. The molecule has 17 heavy (non-hydrogen) atoms. The molecule has 2 N–H and O–H groups in total. The van der Waals surface area contributed by atoms with Gasteiger partial charge >= 0.3 is 0 Å². The number of likely N-dealkylation sites (N-methyl/N-ethyl adjacent to an activating group) is 1. The highest BCUT2D eigenvalue weighted by molar-refractivity contribution is 9.10. The zero-order chi connectivity index (χ0) is 13.0. The van der Waals surface area contributed by atoms with Gasteiger partial charge in [-0.1, -0.05) is 0 Å². The third kappa shape index (κ3) is 3.66. The molecule has 0 aliphatic rings. The molecule has 0 spiro atoms. The van der Waals surface area contributed by atoms with Crippen LogP contribution in [0.1, 0.15) is 13.8 Å². The first-order chi connectivity index (χ1) is 7.95. The molecule has 0 saturated heterocycles. The standard InChI is InChI=1S/C11H13BrF2N2O/c1-3-15-11(17)6(2)16-10-4-7(12)8(13)5-9(10)14/h4-6,16H,3H2,1-2H3,(H,15,17). The van der Waals surface area contributed by atoms with Gasteiger partial charge in [0, 0.05) is 12.6 Å². The summed E-state index contributed by atoms with van der Waals surface area (Å²) in [5, 5.41) is 5.28. The van der Waals surface area contributed by atoms with Gasteiger partial charge in [-0.05, 0) is 35.8 Å². The lowest BCUT2D eigenvalue weighted by molar-refractivity contribution is -0.121. The molecule has 0 aromatic heterocycles. The van der Waals surface area contributed by atoms with E-state index in [2.05, 4.69) is 26.6 Å². The second-order valence-corrected chi connectivity index (χ2v) is 4.36. The van der Waals surface area contributed by atoms with Gasteiger partial charge in [0.2, 0.25) is 5.91 Å². The largest absolute Gasteiger partial charge is 0.371 e. The molecule has 6 heteroatoms. The maximum Gasteiger partial charge on any atom is 0.242 e. The quantitative estimate of drug-likeness (QED) is 0.840. The topological polar surface area (TPSA) is 41.1 Å². The molecule has 94 valence electrons. The molecule has 1 aromatic rings. The molecule has 0 saturated carbocycles. The summed E-state index contributed by atoms with van der Waals surface area (Å²) < 4.78 is 26.5. The number of carbonyl (C=O) groups is 1.